The van der Waals surface area contributed by atoms with Gasteiger partial charge in [-0.1, -0.05) is 168 Å². The van der Waals surface area contributed by atoms with E-state index in [1.54, 1.807) is 55.4 Å². The Morgan fingerprint density at radius 2 is 0.370 bits per heavy atom. The first-order valence-electron chi connectivity index (χ1n) is 26.5. The molecule has 0 saturated carbocycles. The summed E-state index contributed by atoms with van der Waals surface area (Å²) in [5, 5.41) is 40.8. The molecule has 392 valence electrons. The molecule has 0 unspecified atom stereocenters. The Labute approximate surface area is 479 Å². The molecule has 0 spiro atoms. The van der Waals surface area contributed by atoms with Gasteiger partial charge in [-0.15, -0.1) is 0 Å². The molecule has 0 radical (unpaired) electrons. The monoisotopic (exact) mass is 1050 g/mol. The number of aliphatic hydroxyl groups is 4. The van der Waals surface area contributed by atoms with Gasteiger partial charge in [-0.2, -0.15) is 0 Å². The summed E-state index contributed by atoms with van der Waals surface area (Å²) in [7, 11) is 0. The molecule has 4 N–H and O–H groups in total. The molecule has 0 fully saturated rings. The lowest BCUT2D eigenvalue weighted by Crippen LogP contribution is -2.31. The van der Waals surface area contributed by atoms with Crippen molar-refractivity contribution in [1.82, 2.24) is 0 Å². The Bertz CT molecular complexity index is 3590. The van der Waals surface area contributed by atoms with Crippen molar-refractivity contribution < 1.29 is 20.4 Å². The van der Waals surface area contributed by atoms with Crippen LogP contribution in [0.1, 0.15) is 144 Å². The van der Waals surface area contributed by atoms with Crippen LogP contribution in [0.2, 0.25) is 0 Å². The van der Waals surface area contributed by atoms with Crippen LogP contribution in [0.25, 0.3) is 0 Å². The average molecular weight is 1050 g/mol. The van der Waals surface area contributed by atoms with Gasteiger partial charge in [0.25, 0.3) is 0 Å². The molecule has 0 aliphatic heterocycles. The lowest BCUT2D eigenvalue weighted by atomic mass is 9.65. The predicted octanol–water partition coefficient (Wildman–Crippen LogP) is 12.2. The zero-order valence-corrected chi connectivity index (χ0v) is 46.8. The summed E-state index contributed by atoms with van der Waals surface area (Å²) in [5.74, 6) is 50.5. The molecule has 0 aliphatic carbocycles. The van der Waals surface area contributed by atoms with E-state index in [4.69, 9.17) is 0 Å². The number of hydrogen-bond acceptors (Lipinski definition) is 4. The van der Waals surface area contributed by atoms with Gasteiger partial charge in [0.1, 0.15) is 22.4 Å². The molecular formula is C77H60O4. The summed E-state index contributed by atoms with van der Waals surface area (Å²) in [6.45, 7) is 13.3. The number of benzene rings is 8. The summed E-state index contributed by atoms with van der Waals surface area (Å²) < 4.78 is 0. The van der Waals surface area contributed by atoms with E-state index < -0.39 is 27.8 Å². The first-order valence-corrected chi connectivity index (χ1v) is 26.5. The lowest BCUT2D eigenvalue weighted by Gasteiger charge is -2.37. The molecular weight excluding hydrogens is 989 g/mol. The summed E-state index contributed by atoms with van der Waals surface area (Å²) >= 11 is 0. The van der Waals surface area contributed by atoms with Crippen molar-refractivity contribution in [2.45, 2.75) is 83.2 Å². The summed E-state index contributed by atoms with van der Waals surface area (Å²) in [4.78, 5) is 0. The minimum Gasteiger partial charge on any atom is -0.378 e. The second kappa shape index (κ2) is 24.8. The summed E-state index contributed by atoms with van der Waals surface area (Å²) in [5.41, 5.74) is 8.18. The molecule has 4 nitrogen and oxygen atoms in total. The maximum Gasteiger partial charge on any atom is 0.120 e. The second-order valence-corrected chi connectivity index (χ2v) is 21.6. The Morgan fingerprint density at radius 1 is 0.210 bits per heavy atom. The topological polar surface area (TPSA) is 80.9 Å². The third-order valence-corrected chi connectivity index (χ3v) is 12.2. The largest absolute Gasteiger partial charge is 0.378 e. The van der Waals surface area contributed by atoms with Gasteiger partial charge in [-0.3, -0.25) is 0 Å². The van der Waals surface area contributed by atoms with E-state index in [0.717, 1.165) is 89.0 Å². The van der Waals surface area contributed by atoms with Crippen molar-refractivity contribution in [3.63, 3.8) is 0 Å². The van der Waals surface area contributed by atoms with Gasteiger partial charge < -0.3 is 20.4 Å². The minimum atomic E-state index is -1.11. The highest BCUT2D eigenvalue weighted by Gasteiger charge is 2.38. The van der Waals surface area contributed by atoms with Gasteiger partial charge in [-0.25, -0.2) is 0 Å². The standard InChI is InChI=1S/C77H60O4/c1-73(2,78)49-45-65-17-9-13-61(53-65)25-21-57-29-37-69(38-30-57)77(70-39-31-58(32-40-70)22-26-62-14-10-18-66(54-62)46-50-74(3,4)79,71-41-33-59(34-42-71)23-27-63-15-11-19-67(55-63)47-51-75(5,6)80)72-43-35-60(36-44-72)24-28-64-16-12-20-68(56-64)48-52-76(7,8)81/h9-20,29-44,53-56,78-81H,1-8H3. The molecule has 0 heterocycles. The molecule has 0 aliphatic rings. The van der Waals surface area contributed by atoms with Crippen LogP contribution in [0.15, 0.2) is 194 Å². The quantitative estimate of drug-likeness (QED) is 0.105. The molecule has 8 aromatic rings. The molecule has 0 saturated heterocycles. The van der Waals surface area contributed by atoms with Crippen molar-refractivity contribution in [3.05, 3.63) is 283 Å². The highest BCUT2D eigenvalue weighted by molar-refractivity contribution is 5.64. The minimum absolute atomic E-state index is 0.766. The van der Waals surface area contributed by atoms with Gasteiger partial charge in [0.15, 0.2) is 0 Å². The van der Waals surface area contributed by atoms with Crippen LogP contribution in [0.4, 0.5) is 0 Å². The number of rotatable bonds is 4. The first-order chi connectivity index (χ1) is 38.5. The Hall–Kier alpha value is -9.92. The van der Waals surface area contributed by atoms with E-state index in [9.17, 15) is 20.4 Å². The fourth-order valence-electron chi connectivity index (χ4n) is 8.39. The molecule has 4 heteroatoms. The summed E-state index contributed by atoms with van der Waals surface area (Å²) in [6.07, 6.45) is 0. The van der Waals surface area contributed by atoms with Gasteiger partial charge in [-0.05, 0) is 199 Å². The van der Waals surface area contributed by atoms with Crippen LogP contribution in [0.5, 0.6) is 0 Å². The highest BCUT2D eigenvalue weighted by atomic mass is 16.3. The van der Waals surface area contributed by atoms with E-state index in [0.29, 0.717) is 0 Å². The maximum atomic E-state index is 10.2. The molecule has 8 aromatic carbocycles. The molecule has 0 amide bonds. The third-order valence-electron chi connectivity index (χ3n) is 12.2. The molecule has 0 atom stereocenters. The maximum absolute atomic E-state index is 10.2. The SMILES string of the molecule is CC(C)(O)C#Cc1cccc(C#Cc2ccc(C(c3ccc(C#Cc4cccc(C#CC(C)(C)O)c4)cc3)(c3ccc(C#Cc4cccc(C#CC(C)(C)O)c4)cc3)c3ccc(C#Cc4cccc(C#CC(C)(C)O)c4)cc3)cc2)c1. The van der Waals surface area contributed by atoms with E-state index in [-0.39, 0.29) is 0 Å². The Morgan fingerprint density at radius 3 is 0.543 bits per heavy atom. The normalized spacial score (nSPS) is 10.9. The fraction of sp³-hybridized carbons (Fsp3) is 0.169. The highest BCUT2D eigenvalue weighted by Crippen LogP contribution is 2.45. The van der Waals surface area contributed by atoms with E-state index in [1.165, 1.54) is 0 Å². The third kappa shape index (κ3) is 17.0. The van der Waals surface area contributed by atoms with Crippen LogP contribution in [-0.4, -0.2) is 42.8 Å². The van der Waals surface area contributed by atoms with E-state index in [1.807, 2.05) is 97.1 Å². The van der Waals surface area contributed by atoms with Crippen LogP contribution >= 0.6 is 0 Å². The van der Waals surface area contributed by atoms with Gasteiger partial charge in [0.05, 0.1) is 5.41 Å². The molecule has 8 rings (SSSR count). The smallest absolute Gasteiger partial charge is 0.120 e. The molecule has 0 aromatic heterocycles. The van der Waals surface area contributed by atoms with Crippen molar-refractivity contribution in [2.75, 3.05) is 0 Å². The van der Waals surface area contributed by atoms with Crippen LogP contribution < -0.4 is 0 Å². The van der Waals surface area contributed by atoms with Crippen molar-refractivity contribution in [2.24, 2.45) is 0 Å². The molecule has 0 bridgehead atoms. The molecule has 81 heavy (non-hydrogen) atoms. The second-order valence-electron chi connectivity index (χ2n) is 21.6. The van der Waals surface area contributed by atoms with E-state index in [2.05, 4.69) is 192 Å². The Kier molecular flexibility index (Phi) is 17.5. The van der Waals surface area contributed by atoms with Gasteiger partial charge in [0, 0.05) is 66.8 Å². The zero-order valence-electron chi connectivity index (χ0n) is 46.8. The average Bonchev–Trinajstić information content (AvgIpc) is 3.59. The first kappa shape index (κ1) is 57.3. The van der Waals surface area contributed by atoms with Crippen molar-refractivity contribution in [1.29, 1.82) is 0 Å². The van der Waals surface area contributed by atoms with Crippen molar-refractivity contribution >= 4 is 0 Å². The van der Waals surface area contributed by atoms with Crippen LogP contribution in [0, 0.1) is 94.7 Å². The Balaban J connectivity index is 1.25. The lowest BCUT2D eigenvalue weighted by molar-refractivity contribution is 0.143. The van der Waals surface area contributed by atoms with Crippen molar-refractivity contribution in [3.8, 4) is 94.7 Å². The van der Waals surface area contributed by atoms with Gasteiger partial charge in [0.2, 0.25) is 0 Å². The summed E-state index contributed by atoms with van der Waals surface area (Å²) in [6, 6.07) is 64.2. The van der Waals surface area contributed by atoms with Gasteiger partial charge >= 0.3 is 0 Å². The predicted molar refractivity (Wildman–Crippen MR) is 327 cm³/mol. The van der Waals surface area contributed by atoms with E-state index >= 15 is 0 Å². The number of hydrogen-bond donors (Lipinski definition) is 4. The van der Waals surface area contributed by atoms with Crippen LogP contribution in [-0.2, 0) is 5.41 Å². The fourth-order valence-corrected chi connectivity index (χ4v) is 8.39. The van der Waals surface area contributed by atoms with Crippen LogP contribution in [0.3, 0.4) is 0 Å². The zero-order chi connectivity index (χ0) is 57.7.